The fourth-order valence-corrected chi connectivity index (χ4v) is 9.69. The molecule has 8 rings (SSSR count). The van der Waals surface area contributed by atoms with Crippen LogP contribution in [-0.2, 0) is 4.79 Å². The van der Waals surface area contributed by atoms with Crippen LogP contribution in [0.5, 0.6) is 0 Å². The maximum Gasteiger partial charge on any atom is 0.176 e. The minimum Gasteiger partial charge on any atom is -0.351 e. The molecule has 0 amide bonds. The lowest BCUT2D eigenvalue weighted by molar-refractivity contribution is -0.145. The van der Waals surface area contributed by atoms with Crippen LogP contribution in [0, 0.1) is 51.2 Å². The summed E-state index contributed by atoms with van der Waals surface area (Å²) in [5.41, 5.74) is 1.09. The fourth-order valence-electron chi connectivity index (χ4n) is 8.82. The molecule has 176 valence electrons. The van der Waals surface area contributed by atoms with Gasteiger partial charge in [-0.3, -0.25) is 4.79 Å². The van der Waals surface area contributed by atoms with Gasteiger partial charge in [0.25, 0.3) is 0 Å². The first kappa shape index (κ1) is 21.7. The zero-order valence-electron chi connectivity index (χ0n) is 19.4. The van der Waals surface area contributed by atoms with Crippen molar-refractivity contribution >= 4 is 40.5 Å². The second-order valence-corrected chi connectivity index (χ2v) is 12.8. The molecule has 6 heteroatoms. The Hall–Kier alpha value is -2.60. The van der Waals surface area contributed by atoms with Crippen molar-refractivity contribution in [3.8, 4) is 12.1 Å². The molecule has 1 aromatic heterocycles. The highest BCUT2D eigenvalue weighted by Gasteiger charge is 2.67. The standard InChI is InChI=1S/C29H26ClN3OS/c30-22-2-3-23-20(10-22)1-4-24-29(15-31,16-32)25(21-5-6-35-14-21)26(33(23)24)27(34)28-11-17-7-18(12-28)9-19(8-17)13-28/h1-6,10,14,17-19,24-26H,7-9,11-13H2/t17?,18?,19?,24-,25-,26-,28?/m0/s1. The van der Waals surface area contributed by atoms with Crippen LogP contribution in [0.4, 0.5) is 5.69 Å². The number of anilines is 1. The average Bonchev–Trinajstić information content (AvgIpc) is 3.47. The molecule has 1 saturated heterocycles. The third kappa shape index (κ3) is 2.86. The third-order valence-corrected chi connectivity index (χ3v) is 10.6. The zero-order valence-corrected chi connectivity index (χ0v) is 20.9. The maximum absolute atomic E-state index is 14.9. The number of ketones is 1. The van der Waals surface area contributed by atoms with E-state index >= 15 is 0 Å². The Bertz CT molecular complexity index is 1280. The molecule has 3 heterocycles. The molecule has 5 fully saturated rings. The summed E-state index contributed by atoms with van der Waals surface area (Å²) in [5, 5.41) is 25.8. The summed E-state index contributed by atoms with van der Waals surface area (Å²) in [6.07, 6.45) is 10.6. The van der Waals surface area contributed by atoms with Crippen molar-refractivity contribution < 1.29 is 4.79 Å². The van der Waals surface area contributed by atoms with Crippen molar-refractivity contribution in [2.24, 2.45) is 28.6 Å². The van der Waals surface area contributed by atoms with Crippen molar-refractivity contribution in [1.29, 1.82) is 10.5 Å². The molecule has 35 heavy (non-hydrogen) atoms. The number of hydrogen-bond acceptors (Lipinski definition) is 5. The van der Waals surface area contributed by atoms with E-state index in [1.165, 1.54) is 19.3 Å². The molecule has 4 bridgehead atoms. The van der Waals surface area contributed by atoms with Gasteiger partial charge in [0.05, 0.1) is 24.2 Å². The Balaban J connectivity index is 1.44. The van der Waals surface area contributed by atoms with Gasteiger partial charge in [0.1, 0.15) is 0 Å². The fraction of sp³-hybridized carbons (Fsp3) is 0.483. The Morgan fingerprint density at radius 3 is 2.34 bits per heavy atom. The van der Waals surface area contributed by atoms with Gasteiger partial charge in [-0.15, -0.1) is 0 Å². The van der Waals surface area contributed by atoms with E-state index in [2.05, 4.69) is 17.0 Å². The highest BCUT2D eigenvalue weighted by atomic mass is 35.5. The van der Waals surface area contributed by atoms with Gasteiger partial charge < -0.3 is 4.90 Å². The van der Waals surface area contributed by atoms with Gasteiger partial charge >= 0.3 is 0 Å². The Morgan fingerprint density at radius 1 is 1.06 bits per heavy atom. The number of halogens is 1. The zero-order chi connectivity index (χ0) is 23.9. The molecule has 4 aliphatic carbocycles. The van der Waals surface area contributed by atoms with E-state index in [1.807, 2.05) is 47.2 Å². The minimum absolute atomic E-state index is 0.265. The summed E-state index contributed by atoms with van der Waals surface area (Å²) >= 11 is 7.89. The van der Waals surface area contributed by atoms with Crippen LogP contribution in [0.1, 0.15) is 55.6 Å². The predicted octanol–water partition coefficient (Wildman–Crippen LogP) is 6.59. The molecule has 4 nitrogen and oxygen atoms in total. The summed E-state index contributed by atoms with van der Waals surface area (Å²) in [6.45, 7) is 0. The number of benzene rings is 1. The monoisotopic (exact) mass is 499 g/mol. The number of thiophene rings is 1. The average molecular weight is 500 g/mol. The van der Waals surface area contributed by atoms with Gasteiger partial charge in [-0.1, -0.05) is 23.8 Å². The molecular formula is C29H26ClN3OS. The molecule has 2 aliphatic heterocycles. The quantitative estimate of drug-likeness (QED) is 0.477. The molecule has 1 aromatic carbocycles. The third-order valence-electron chi connectivity index (χ3n) is 9.70. The van der Waals surface area contributed by atoms with Crippen molar-refractivity contribution in [1.82, 2.24) is 0 Å². The van der Waals surface area contributed by atoms with Gasteiger partial charge in [-0.25, -0.2) is 0 Å². The Labute approximate surface area is 214 Å². The van der Waals surface area contributed by atoms with Crippen LogP contribution < -0.4 is 4.90 Å². The van der Waals surface area contributed by atoms with E-state index in [4.69, 9.17) is 11.6 Å². The molecule has 4 saturated carbocycles. The highest BCUT2D eigenvalue weighted by molar-refractivity contribution is 7.08. The number of carbonyl (C=O) groups excluding carboxylic acids is 1. The van der Waals surface area contributed by atoms with E-state index in [0.29, 0.717) is 22.8 Å². The SMILES string of the molecule is N#CC1(C#N)[C@@H]2C=Cc3cc(Cl)ccc3N2[C@H](C(=O)C23CC4CC(CC(C4)C2)C3)[C@@H]1c1ccsc1. The van der Waals surface area contributed by atoms with Crippen LogP contribution >= 0.6 is 22.9 Å². The van der Waals surface area contributed by atoms with Crippen molar-refractivity contribution in [3.63, 3.8) is 0 Å². The van der Waals surface area contributed by atoms with E-state index in [-0.39, 0.29) is 11.2 Å². The number of Topliss-reactive ketones (excluding diaryl/α,β-unsaturated/α-hetero) is 1. The normalized spacial score (nSPS) is 37.4. The lowest BCUT2D eigenvalue weighted by Crippen LogP contribution is -2.56. The molecule has 0 unspecified atom stereocenters. The number of nitriles is 2. The molecule has 0 N–H and O–H groups in total. The first-order valence-electron chi connectivity index (χ1n) is 12.6. The maximum atomic E-state index is 14.9. The van der Waals surface area contributed by atoms with E-state index in [0.717, 1.165) is 36.1 Å². The van der Waals surface area contributed by atoms with Crippen molar-refractivity contribution in [2.75, 3.05) is 4.90 Å². The topological polar surface area (TPSA) is 67.9 Å². The predicted molar refractivity (Wildman–Crippen MR) is 137 cm³/mol. The van der Waals surface area contributed by atoms with Gasteiger partial charge in [-0.2, -0.15) is 21.9 Å². The summed E-state index contributed by atoms with van der Waals surface area (Å²) in [4.78, 5) is 17.1. The van der Waals surface area contributed by atoms with Crippen LogP contribution in [0.2, 0.25) is 5.02 Å². The number of fused-ring (bicyclic) bond motifs is 3. The second-order valence-electron chi connectivity index (χ2n) is 11.5. The number of nitrogens with zero attached hydrogens (tertiary/aromatic N) is 3. The minimum atomic E-state index is -1.35. The van der Waals surface area contributed by atoms with Gasteiger partial charge in [0.2, 0.25) is 0 Å². The molecule has 3 atom stereocenters. The smallest absolute Gasteiger partial charge is 0.176 e. The first-order valence-corrected chi connectivity index (χ1v) is 13.9. The van der Waals surface area contributed by atoms with E-state index < -0.39 is 23.4 Å². The number of hydrogen-bond donors (Lipinski definition) is 0. The first-order chi connectivity index (χ1) is 17.0. The summed E-state index contributed by atoms with van der Waals surface area (Å²) in [6, 6.07) is 11.6. The van der Waals surface area contributed by atoms with Crippen molar-refractivity contribution in [3.05, 3.63) is 57.3 Å². The van der Waals surface area contributed by atoms with E-state index in [1.54, 1.807) is 11.3 Å². The van der Waals surface area contributed by atoms with Crippen LogP contribution in [0.25, 0.3) is 6.08 Å². The van der Waals surface area contributed by atoms with Crippen LogP contribution in [0.3, 0.4) is 0 Å². The summed E-state index contributed by atoms with van der Waals surface area (Å²) in [7, 11) is 0. The van der Waals surface area contributed by atoms with Crippen molar-refractivity contribution in [2.45, 2.75) is 56.5 Å². The number of carbonyl (C=O) groups is 1. The van der Waals surface area contributed by atoms with Gasteiger partial charge in [0.15, 0.2) is 11.2 Å². The number of rotatable bonds is 3. The largest absolute Gasteiger partial charge is 0.351 e. The summed E-state index contributed by atoms with van der Waals surface area (Å²) in [5.74, 6) is 1.70. The van der Waals surface area contributed by atoms with Gasteiger partial charge in [-0.05, 0) is 102 Å². The molecule has 0 spiro atoms. The summed E-state index contributed by atoms with van der Waals surface area (Å²) < 4.78 is 0. The van der Waals surface area contributed by atoms with Gasteiger partial charge in [0, 0.05) is 22.0 Å². The molecular weight excluding hydrogens is 474 g/mol. The Kier molecular flexibility index (Phi) is 4.61. The second kappa shape index (κ2) is 7.45. The molecule has 2 aromatic rings. The lowest BCUT2D eigenvalue weighted by atomic mass is 9.47. The Morgan fingerprint density at radius 2 is 1.74 bits per heavy atom. The molecule has 6 aliphatic rings. The molecule has 0 radical (unpaired) electrons. The van der Waals surface area contributed by atoms with E-state index in [9.17, 15) is 15.3 Å². The van der Waals surface area contributed by atoms with Crippen LogP contribution in [0.15, 0.2) is 41.1 Å². The lowest BCUT2D eigenvalue weighted by Gasteiger charge is -2.57. The van der Waals surface area contributed by atoms with Crippen LogP contribution in [-0.4, -0.2) is 17.9 Å². The highest BCUT2D eigenvalue weighted by Crippen LogP contribution is 2.63.